The molecule has 6 heteroatoms. The lowest BCUT2D eigenvalue weighted by Crippen LogP contribution is -2.31. The monoisotopic (exact) mass is 403 g/mol. The smallest absolute Gasteiger partial charge is 0.272 e. The summed E-state index contributed by atoms with van der Waals surface area (Å²) in [6.45, 7) is 0.749. The first-order chi connectivity index (χ1) is 14.3. The lowest BCUT2D eigenvalue weighted by Gasteiger charge is -2.26. The fraction of sp³-hybridized carbons (Fsp3) is 0.217. The van der Waals surface area contributed by atoms with Gasteiger partial charge in [-0.15, -0.1) is 11.3 Å². The maximum Gasteiger partial charge on any atom is 0.272 e. The minimum atomic E-state index is 0.0331. The Labute approximate surface area is 173 Å². The zero-order valence-corrected chi connectivity index (χ0v) is 16.9. The van der Waals surface area contributed by atoms with Crippen molar-refractivity contribution in [3.8, 4) is 17.0 Å². The zero-order valence-electron chi connectivity index (χ0n) is 16.1. The van der Waals surface area contributed by atoms with E-state index in [1.165, 1.54) is 11.3 Å². The molecule has 0 N–H and O–H groups in total. The van der Waals surface area contributed by atoms with Crippen LogP contribution in [0.2, 0.25) is 0 Å². The van der Waals surface area contributed by atoms with Crippen LogP contribution in [0.15, 0.2) is 66.2 Å². The van der Waals surface area contributed by atoms with Gasteiger partial charge in [0.05, 0.1) is 18.8 Å². The number of ether oxygens (including phenoxy) is 1. The number of hydrogen-bond donors (Lipinski definition) is 0. The Morgan fingerprint density at radius 2 is 1.93 bits per heavy atom. The van der Waals surface area contributed by atoms with Crippen molar-refractivity contribution in [2.24, 2.45) is 0 Å². The van der Waals surface area contributed by atoms with Crippen LogP contribution in [-0.4, -0.2) is 33.8 Å². The number of carbonyl (C=O) groups is 1. The van der Waals surface area contributed by atoms with Crippen LogP contribution in [0.3, 0.4) is 0 Å². The number of aromatic nitrogens is 2. The van der Waals surface area contributed by atoms with Crippen molar-refractivity contribution in [3.63, 3.8) is 0 Å². The second-order valence-electron chi connectivity index (χ2n) is 7.16. The first kappa shape index (κ1) is 17.9. The van der Waals surface area contributed by atoms with E-state index in [0.29, 0.717) is 5.69 Å². The Morgan fingerprint density at radius 1 is 1.14 bits per heavy atom. The zero-order chi connectivity index (χ0) is 19.8. The summed E-state index contributed by atoms with van der Waals surface area (Å²) in [4.78, 5) is 21.0. The molecule has 5 rings (SSSR count). The molecule has 146 valence electrons. The number of thiazole rings is 1. The summed E-state index contributed by atoms with van der Waals surface area (Å²) >= 11 is 1.50. The molecule has 0 bridgehead atoms. The molecule has 0 saturated carbocycles. The van der Waals surface area contributed by atoms with Crippen molar-refractivity contribution in [2.45, 2.75) is 18.9 Å². The molecule has 4 aromatic rings. The largest absolute Gasteiger partial charge is 0.496 e. The fourth-order valence-electron chi connectivity index (χ4n) is 4.11. The highest BCUT2D eigenvalue weighted by Gasteiger charge is 2.33. The molecule has 1 atom stereocenters. The number of likely N-dealkylation sites (tertiary alicyclic amines) is 1. The number of para-hydroxylation sites is 1. The number of benzene rings is 2. The first-order valence-corrected chi connectivity index (χ1v) is 10.6. The van der Waals surface area contributed by atoms with E-state index in [0.717, 1.165) is 46.9 Å². The second kappa shape index (κ2) is 7.37. The number of imidazole rings is 1. The van der Waals surface area contributed by atoms with E-state index in [-0.39, 0.29) is 11.9 Å². The van der Waals surface area contributed by atoms with Gasteiger partial charge in [-0.25, -0.2) is 4.98 Å². The van der Waals surface area contributed by atoms with Gasteiger partial charge in [0.15, 0.2) is 4.96 Å². The van der Waals surface area contributed by atoms with Crippen LogP contribution in [0.25, 0.3) is 16.2 Å². The van der Waals surface area contributed by atoms with Crippen LogP contribution in [0.5, 0.6) is 5.75 Å². The number of fused-ring (bicyclic) bond motifs is 1. The molecular formula is C23H21N3O2S. The minimum Gasteiger partial charge on any atom is -0.496 e. The topological polar surface area (TPSA) is 46.8 Å². The Kier molecular flexibility index (Phi) is 4.56. The van der Waals surface area contributed by atoms with Gasteiger partial charge in [-0.05, 0) is 18.9 Å². The van der Waals surface area contributed by atoms with Crippen LogP contribution in [0, 0.1) is 0 Å². The van der Waals surface area contributed by atoms with Crippen molar-refractivity contribution >= 4 is 22.2 Å². The lowest BCUT2D eigenvalue weighted by molar-refractivity contribution is 0.0727. The summed E-state index contributed by atoms with van der Waals surface area (Å²) in [5.41, 5.74) is 3.67. The van der Waals surface area contributed by atoms with E-state index >= 15 is 0 Å². The predicted octanol–water partition coefficient (Wildman–Crippen LogP) is 5.05. The van der Waals surface area contributed by atoms with E-state index in [4.69, 9.17) is 9.72 Å². The second-order valence-corrected chi connectivity index (χ2v) is 8.00. The molecule has 1 aliphatic rings. The number of amides is 1. The predicted molar refractivity (Wildman–Crippen MR) is 115 cm³/mol. The van der Waals surface area contributed by atoms with Crippen LogP contribution >= 0.6 is 11.3 Å². The minimum absolute atomic E-state index is 0.0331. The summed E-state index contributed by atoms with van der Waals surface area (Å²) in [5, 5.41) is 1.91. The van der Waals surface area contributed by atoms with E-state index in [1.54, 1.807) is 7.11 Å². The third-order valence-corrected chi connectivity index (χ3v) is 6.35. The van der Waals surface area contributed by atoms with Crippen molar-refractivity contribution in [1.82, 2.24) is 14.3 Å². The Balaban J connectivity index is 1.50. The van der Waals surface area contributed by atoms with Gasteiger partial charge in [0.1, 0.15) is 11.4 Å². The fourth-order valence-corrected chi connectivity index (χ4v) is 4.95. The maximum atomic E-state index is 13.5. The van der Waals surface area contributed by atoms with Gasteiger partial charge >= 0.3 is 0 Å². The summed E-state index contributed by atoms with van der Waals surface area (Å²) < 4.78 is 7.47. The van der Waals surface area contributed by atoms with Crippen molar-refractivity contribution in [1.29, 1.82) is 0 Å². The molecule has 2 aromatic carbocycles. The number of nitrogens with zero attached hydrogens (tertiary/aromatic N) is 3. The Morgan fingerprint density at radius 3 is 2.76 bits per heavy atom. The van der Waals surface area contributed by atoms with E-state index < -0.39 is 0 Å². The van der Waals surface area contributed by atoms with E-state index in [9.17, 15) is 4.79 Å². The highest BCUT2D eigenvalue weighted by atomic mass is 32.1. The summed E-state index contributed by atoms with van der Waals surface area (Å²) in [7, 11) is 1.68. The molecule has 1 saturated heterocycles. The molecular weight excluding hydrogens is 382 g/mol. The molecule has 5 nitrogen and oxygen atoms in total. The standard InChI is InChI=1S/C23H21N3O2S/c1-28-21-12-6-5-10-17(21)19-11-7-13-25(19)22(27)20-15-29-23-24-18(14-26(20)23)16-8-3-2-4-9-16/h2-6,8-10,12,14-15,19H,7,11,13H2,1H3. The van der Waals surface area contributed by atoms with Crippen molar-refractivity contribution in [2.75, 3.05) is 13.7 Å². The lowest BCUT2D eigenvalue weighted by atomic mass is 10.0. The van der Waals surface area contributed by atoms with Gasteiger partial charge in [0.25, 0.3) is 5.91 Å². The molecule has 1 fully saturated rings. The summed E-state index contributed by atoms with van der Waals surface area (Å²) in [5.74, 6) is 0.878. The first-order valence-electron chi connectivity index (χ1n) is 9.72. The number of methoxy groups -OCH3 is 1. The Hall–Kier alpha value is -3.12. The van der Waals surface area contributed by atoms with Gasteiger partial charge in [0, 0.05) is 29.2 Å². The van der Waals surface area contributed by atoms with Gasteiger partial charge in [-0.3, -0.25) is 9.20 Å². The maximum absolute atomic E-state index is 13.5. The molecule has 0 spiro atoms. The summed E-state index contributed by atoms with van der Waals surface area (Å²) in [6, 6.07) is 18.1. The third-order valence-electron chi connectivity index (χ3n) is 5.51. The molecule has 1 aliphatic heterocycles. The van der Waals surface area contributed by atoms with Crippen LogP contribution in [0.1, 0.15) is 34.9 Å². The van der Waals surface area contributed by atoms with Gasteiger partial charge in [0.2, 0.25) is 0 Å². The SMILES string of the molecule is COc1ccccc1C1CCCN1C(=O)c1csc2nc(-c3ccccc3)cn12. The number of hydrogen-bond acceptors (Lipinski definition) is 4. The molecule has 0 aliphatic carbocycles. The van der Waals surface area contributed by atoms with Crippen molar-refractivity contribution < 1.29 is 9.53 Å². The molecule has 29 heavy (non-hydrogen) atoms. The van der Waals surface area contributed by atoms with Gasteiger partial charge in [-0.1, -0.05) is 48.5 Å². The normalized spacial score (nSPS) is 16.4. The van der Waals surface area contributed by atoms with Crippen LogP contribution in [-0.2, 0) is 0 Å². The third kappa shape index (κ3) is 3.09. The Bertz CT molecular complexity index is 1170. The molecule has 1 unspecified atom stereocenters. The van der Waals surface area contributed by atoms with E-state index in [1.807, 2.05) is 69.4 Å². The van der Waals surface area contributed by atoms with Gasteiger partial charge < -0.3 is 9.64 Å². The van der Waals surface area contributed by atoms with Crippen molar-refractivity contribution in [3.05, 3.63) is 77.4 Å². The molecule has 2 aromatic heterocycles. The van der Waals surface area contributed by atoms with Gasteiger partial charge in [-0.2, -0.15) is 0 Å². The van der Waals surface area contributed by atoms with E-state index in [2.05, 4.69) is 6.07 Å². The number of carbonyl (C=O) groups excluding carboxylic acids is 1. The molecule has 1 amide bonds. The quantitative estimate of drug-likeness (QED) is 0.479. The highest BCUT2D eigenvalue weighted by Crippen LogP contribution is 2.38. The average Bonchev–Trinajstić information content (AvgIpc) is 3.49. The summed E-state index contributed by atoms with van der Waals surface area (Å²) in [6.07, 6.45) is 3.89. The molecule has 3 heterocycles. The molecule has 0 radical (unpaired) electrons. The van der Waals surface area contributed by atoms with Crippen LogP contribution < -0.4 is 4.74 Å². The highest BCUT2D eigenvalue weighted by molar-refractivity contribution is 7.15. The average molecular weight is 404 g/mol. The number of rotatable bonds is 4. The van der Waals surface area contributed by atoms with Crippen LogP contribution in [0.4, 0.5) is 0 Å².